The van der Waals surface area contributed by atoms with Crippen LogP contribution in [0.15, 0.2) is 37.5 Å². The van der Waals surface area contributed by atoms with Crippen LogP contribution in [0.3, 0.4) is 0 Å². The molecule has 0 aromatic rings. The normalized spacial score (nSPS) is 19.7. The molecule has 0 saturated carbocycles. The van der Waals surface area contributed by atoms with Gasteiger partial charge in [0.05, 0.1) is 11.8 Å². The zero-order valence-corrected chi connectivity index (χ0v) is 16.4. The van der Waals surface area contributed by atoms with Crippen molar-refractivity contribution in [3.05, 3.63) is 37.5 Å². The summed E-state index contributed by atoms with van der Waals surface area (Å²) < 4.78 is 19.3. The summed E-state index contributed by atoms with van der Waals surface area (Å²) in [4.78, 5) is 46.6. The van der Waals surface area contributed by atoms with Crippen LogP contribution < -0.4 is 0 Å². The third kappa shape index (κ3) is 9.01. The largest absolute Gasteiger partial charge is 0.463 e. The molecule has 1 aliphatic carbocycles. The zero-order chi connectivity index (χ0) is 22.5. The van der Waals surface area contributed by atoms with E-state index in [9.17, 15) is 29.4 Å². The fraction of sp³-hybridized carbons (Fsp3) is 0.500. The quantitative estimate of drug-likeness (QED) is 0.187. The number of allylic oxidation sites excluding steroid dienone is 2. The highest BCUT2D eigenvalue weighted by Crippen LogP contribution is 2.28. The van der Waals surface area contributed by atoms with Gasteiger partial charge >= 0.3 is 23.9 Å². The molecule has 0 aromatic heterocycles. The second-order valence-corrected chi connectivity index (χ2v) is 6.39. The smallest absolute Gasteiger partial charge is 0.330 e. The number of carbonyl (C=O) groups is 4. The average Bonchev–Trinajstić information content (AvgIpc) is 2.77. The van der Waals surface area contributed by atoms with Crippen molar-refractivity contribution in [1.82, 2.24) is 0 Å². The predicted octanol–water partition coefficient (Wildman–Crippen LogP) is -0.165. The Labute approximate surface area is 173 Å². The molecule has 0 amide bonds. The monoisotopic (exact) mass is 426 g/mol. The van der Waals surface area contributed by atoms with Crippen LogP contribution in [0.1, 0.15) is 12.8 Å². The van der Waals surface area contributed by atoms with E-state index in [-0.39, 0.29) is 26.1 Å². The molecule has 0 aliphatic heterocycles. The van der Waals surface area contributed by atoms with Crippen molar-refractivity contribution in [2.24, 2.45) is 11.8 Å². The van der Waals surface area contributed by atoms with E-state index in [0.717, 1.165) is 12.2 Å². The highest BCUT2D eigenvalue weighted by Gasteiger charge is 2.36. The maximum Gasteiger partial charge on any atom is 0.330 e. The number of esters is 4. The van der Waals surface area contributed by atoms with Gasteiger partial charge in [0.1, 0.15) is 38.6 Å². The second-order valence-electron chi connectivity index (χ2n) is 6.39. The van der Waals surface area contributed by atoms with E-state index in [1.807, 2.05) is 0 Å². The van der Waals surface area contributed by atoms with E-state index < -0.39 is 61.1 Å². The van der Waals surface area contributed by atoms with Gasteiger partial charge in [-0.15, -0.1) is 0 Å². The number of rotatable bonds is 12. The van der Waals surface area contributed by atoms with Crippen LogP contribution in [0.5, 0.6) is 0 Å². The summed E-state index contributed by atoms with van der Waals surface area (Å²) in [6, 6.07) is 0. The van der Waals surface area contributed by atoms with E-state index in [0.29, 0.717) is 0 Å². The molecule has 10 heteroatoms. The summed E-state index contributed by atoms with van der Waals surface area (Å²) >= 11 is 0. The molecule has 0 radical (unpaired) electrons. The van der Waals surface area contributed by atoms with Gasteiger partial charge in [-0.05, 0) is 12.8 Å². The van der Waals surface area contributed by atoms with Crippen LogP contribution in [-0.4, -0.2) is 72.7 Å². The topological polar surface area (TPSA) is 146 Å². The summed E-state index contributed by atoms with van der Waals surface area (Å²) in [7, 11) is 0. The first-order valence-electron chi connectivity index (χ1n) is 9.21. The molecule has 0 spiro atoms. The standard InChI is InChI=1S/C20H26O10/c1-3-17(23)27-9-13(21)11-29-19(25)15-7-5-6-8-16(15)20(26)30-12-14(22)10-28-18(24)4-2/h3-6,13-16,21-22H,1-2,7-12H2. The van der Waals surface area contributed by atoms with Crippen LogP contribution in [-0.2, 0) is 38.1 Å². The molecule has 0 fully saturated rings. The highest BCUT2D eigenvalue weighted by molar-refractivity contribution is 5.83. The zero-order valence-electron chi connectivity index (χ0n) is 16.4. The Morgan fingerprint density at radius 2 is 1.10 bits per heavy atom. The maximum absolute atomic E-state index is 12.3. The number of aliphatic hydroxyl groups excluding tert-OH is 2. The van der Waals surface area contributed by atoms with Crippen molar-refractivity contribution in [2.45, 2.75) is 25.0 Å². The Balaban J connectivity index is 2.49. The molecule has 0 aromatic carbocycles. The molecule has 4 unspecified atom stereocenters. The fourth-order valence-corrected chi connectivity index (χ4v) is 2.48. The minimum absolute atomic E-state index is 0.236. The first kappa shape index (κ1) is 25.1. The summed E-state index contributed by atoms with van der Waals surface area (Å²) in [6.07, 6.45) is 3.34. The van der Waals surface area contributed by atoms with Crippen LogP contribution >= 0.6 is 0 Å². The Kier molecular flexibility index (Phi) is 11.1. The molecule has 1 aliphatic rings. The van der Waals surface area contributed by atoms with E-state index in [1.54, 1.807) is 12.2 Å². The Morgan fingerprint density at radius 3 is 1.43 bits per heavy atom. The van der Waals surface area contributed by atoms with E-state index in [4.69, 9.17) is 9.47 Å². The number of carbonyl (C=O) groups excluding carboxylic acids is 4. The molecular weight excluding hydrogens is 400 g/mol. The van der Waals surface area contributed by atoms with E-state index in [2.05, 4.69) is 22.6 Å². The SMILES string of the molecule is C=CC(=O)OCC(O)COC(=O)C1CC=CCC1C(=O)OCC(O)COC(=O)C=C. The molecule has 4 atom stereocenters. The van der Waals surface area contributed by atoms with Gasteiger partial charge in [-0.25, -0.2) is 9.59 Å². The van der Waals surface area contributed by atoms with Gasteiger partial charge < -0.3 is 29.2 Å². The van der Waals surface area contributed by atoms with Crippen molar-refractivity contribution in [2.75, 3.05) is 26.4 Å². The predicted molar refractivity (Wildman–Crippen MR) is 102 cm³/mol. The number of ether oxygens (including phenoxy) is 4. The van der Waals surface area contributed by atoms with Crippen LogP contribution in [0, 0.1) is 11.8 Å². The first-order valence-corrected chi connectivity index (χ1v) is 9.21. The lowest BCUT2D eigenvalue weighted by Crippen LogP contribution is -2.36. The van der Waals surface area contributed by atoms with Gasteiger partial charge in [0.15, 0.2) is 0 Å². The molecule has 10 nitrogen and oxygen atoms in total. The van der Waals surface area contributed by atoms with Gasteiger partial charge in [-0.2, -0.15) is 0 Å². The Morgan fingerprint density at radius 1 is 0.767 bits per heavy atom. The van der Waals surface area contributed by atoms with Gasteiger partial charge in [-0.3, -0.25) is 9.59 Å². The van der Waals surface area contributed by atoms with Crippen molar-refractivity contribution < 1.29 is 48.3 Å². The molecule has 2 N–H and O–H groups in total. The molecule has 0 bridgehead atoms. The number of hydrogen-bond donors (Lipinski definition) is 2. The van der Waals surface area contributed by atoms with E-state index in [1.165, 1.54) is 0 Å². The average molecular weight is 426 g/mol. The minimum Gasteiger partial charge on any atom is -0.463 e. The fourth-order valence-electron chi connectivity index (χ4n) is 2.48. The molecule has 166 valence electrons. The lowest BCUT2D eigenvalue weighted by atomic mass is 9.83. The Hall–Kier alpha value is -2.98. The summed E-state index contributed by atoms with van der Waals surface area (Å²) in [5, 5.41) is 19.4. The lowest BCUT2D eigenvalue weighted by Gasteiger charge is -2.26. The molecular formula is C20H26O10. The van der Waals surface area contributed by atoms with Gasteiger partial charge in [-0.1, -0.05) is 25.3 Å². The molecule has 0 heterocycles. The summed E-state index contributed by atoms with van der Waals surface area (Å²) in [5.74, 6) is -4.53. The van der Waals surface area contributed by atoms with Crippen molar-refractivity contribution >= 4 is 23.9 Å². The molecule has 1 rings (SSSR count). The summed E-state index contributed by atoms with van der Waals surface area (Å²) in [5.41, 5.74) is 0. The highest BCUT2D eigenvalue weighted by atomic mass is 16.6. The third-order valence-electron chi connectivity index (χ3n) is 4.04. The van der Waals surface area contributed by atoms with Crippen molar-refractivity contribution in [3.63, 3.8) is 0 Å². The van der Waals surface area contributed by atoms with Crippen LogP contribution in [0.4, 0.5) is 0 Å². The van der Waals surface area contributed by atoms with Gasteiger partial charge in [0.2, 0.25) is 0 Å². The molecule has 0 saturated heterocycles. The second kappa shape index (κ2) is 13.3. The first-order chi connectivity index (χ1) is 14.3. The van der Waals surface area contributed by atoms with Crippen molar-refractivity contribution in [3.8, 4) is 0 Å². The lowest BCUT2D eigenvalue weighted by molar-refractivity contribution is -0.165. The minimum atomic E-state index is -1.23. The van der Waals surface area contributed by atoms with E-state index >= 15 is 0 Å². The van der Waals surface area contributed by atoms with Crippen LogP contribution in [0.2, 0.25) is 0 Å². The number of hydrogen-bond acceptors (Lipinski definition) is 10. The molecule has 30 heavy (non-hydrogen) atoms. The third-order valence-corrected chi connectivity index (χ3v) is 4.04. The van der Waals surface area contributed by atoms with Crippen LogP contribution in [0.25, 0.3) is 0 Å². The number of aliphatic hydroxyl groups is 2. The van der Waals surface area contributed by atoms with Crippen molar-refractivity contribution in [1.29, 1.82) is 0 Å². The van der Waals surface area contributed by atoms with Gasteiger partial charge in [0.25, 0.3) is 0 Å². The Bertz CT molecular complexity index is 612. The van der Waals surface area contributed by atoms with Gasteiger partial charge in [0, 0.05) is 12.2 Å². The maximum atomic E-state index is 12.3. The summed E-state index contributed by atoms with van der Waals surface area (Å²) in [6.45, 7) is 4.85.